The number of aryl methyl sites for hydroxylation is 1. The van der Waals surface area contributed by atoms with E-state index in [0.29, 0.717) is 30.4 Å². The summed E-state index contributed by atoms with van der Waals surface area (Å²) in [7, 11) is -3.72. The second-order valence-corrected chi connectivity index (χ2v) is 8.32. The molecule has 1 aliphatic heterocycles. The molecule has 1 N–H and O–H groups in total. The summed E-state index contributed by atoms with van der Waals surface area (Å²) in [4.78, 5) is 0.225. The minimum absolute atomic E-state index is 0.225. The van der Waals surface area contributed by atoms with Crippen molar-refractivity contribution in [2.45, 2.75) is 37.2 Å². The van der Waals surface area contributed by atoms with Gasteiger partial charge in [0.1, 0.15) is 6.10 Å². The third kappa shape index (κ3) is 4.71. The van der Waals surface area contributed by atoms with Crippen molar-refractivity contribution in [2.24, 2.45) is 0 Å². The molecule has 0 saturated carbocycles. The summed E-state index contributed by atoms with van der Waals surface area (Å²) in [6.07, 6.45) is 1.04. The smallest absolute Gasteiger partial charge is 0.270 e. The Kier molecular flexibility index (Phi) is 5.86. The van der Waals surface area contributed by atoms with Crippen LogP contribution in [-0.2, 0) is 10.0 Å². The van der Waals surface area contributed by atoms with Gasteiger partial charge in [-0.15, -0.1) is 0 Å². The molecule has 3 rings (SSSR count). The molecule has 0 aliphatic carbocycles. The van der Waals surface area contributed by atoms with E-state index in [4.69, 9.17) is 0 Å². The van der Waals surface area contributed by atoms with Gasteiger partial charge in [-0.2, -0.15) is 0 Å². The van der Waals surface area contributed by atoms with Gasteiger partial charge in [-0.05, 0) is 56.4 Å². The summed E-state index contributed by atoms with van der Waals surface area (Å²) in [6, 6.07) is 16.9. The molecule has 2 aromatic rings. The highest BCUT2D eigenvalue weighted by atomic mass is 32.2. The Morgan fingerprint density at radius 2 is 1.67 bits per heavy atom. The van der Waals surface area contributed by atoms with Gasteiger partial charge in [-0.3, -0.25) is 0 Å². The highest BCUT2D eigenvalue weighted by Gasteiger charge is 2.22. The first-order valence-corrected chi connectivity index (χ1v) is 10.3. The predicted octanol–water partition coefficient (Wildman–Crippen LogP) is 2.89. The van der Waals surface area contributed by atoms with Crippen LogP contribution in [0.3, 0.4) is 0 Å². The molecule has 1 atom stereocenters. The van der Waals surface area contributed by atoms with Crippen LogP contribution < -0.4 is 0 Å². The van der Waals surface area contributed by atoms with Crippen LogP contribution >= 0.6 is 0 Å². The molecule has 1 aliphatic rings. The van der Waals surface area contributed by atoms with Crippen LogP contribution in [0.25, 0.3) is 0 Å². The van der Waals surface area contributed by atoms with Crippen molar-refractivity contribution in [3.8, 4) is 23.8 Å². The maximum Gasteiger partial charge on any atom is 0.270 e. The molecule has 1 heterocycles. The Bertz CT molecular complexity index is 1030. The van der Waals surface area contributed by atoms with Gasteiger partial charge in [0, 0.05) is 23.7 Å². The Morgan fingerprint density at radius 3 is 2.37 bits per heavy atom. The molecule has 0 aromatic heterocycles. The van der Waals surface area contributed by atoms with Gasteiger partial charge in [0.05, 0.1) is 4.90 Å². The van der Waals surface area contributed by atoms with Crippen LogP contribution in [0, 0.1) is 30.7 Å². The number of hydrogen-bond acceptors (Lipinski definition) is 3. The lowest BCUT2D eigenvalue weighted by molar-refractivity contribution is 0.217. The second-order valence-electron chi connectivity index (χ2n) is 6.45. The van der Waals surface area contributed by atoms with Crippen molar-refractivity contribution in [2.75, 3.05) is 6.54 Å². The van der Waals surface area contributed by atoms with E-state index < -0.39 is 16.1 Å². The van der Waals surface area contributed by atoms with Gasteiger partial charge in [0.2, 0.25) is 0 Å². The van der Waals surface area contributed by atoms with Crippen molar-refractivity contribution in [1.82, 2.24) is 4.31 Å². The van der Waals surface area contributed by atoms with E-state index in [2.05, 4.69) is 23.8 Å². The Morgan fingerprint density at radius 1 is 1.00 bits per heavy atom. The minimum Gasteiger partial charge on any atom is -0.380 e. The van der Waals surface area contributed by atoms with Crippen molar-refractivity contribution in [1.29, 1.82) is 0 Å². The molecule has 0 saturated heterocycles. The fourth-order valence-electron chi connectivity index (χ4n) is 2.72. The molecule has 4 nitrogen and oxygen atoms in total. The third-order valence-electron chi connectivity index (χ3n) is 4.31. The molecule has 0 radical (unpaired) electrons. The molecular formula is C22H21NO3S. The fraction of sp³-hybridized carbons (Fsp3) is 0.273. The van der Waals surface area contributed by atoms with E-state index in [1.165, 1.54) is 4.31 Å². The average molecular weight is 379 g/mol. The van der Waals surface area contributed by atoms with Crippen LogP contribution in [0.4, 0.5) is 0 Å². The quantitative estimate of drug-likeness (QED) is 0.817. The monoisotopic (exact) mass is 379 g/mol. The standard InChI is InChI=1S/C22H21NO3S/c1-18-9-13-22(14-10-18)27(25,26)23-16-5-4-8-21(24)12-11-19-6-2-3-7-20(19)15-17-23/h2-3,6-7,9-10,13-14,21,24H,4-5,8,16H2,1H3. The summed E-state index contributed by atoms with van der Waals surface area (Å²) in [5, 5.41) is 10.0. The first kappa shape index (κ1) is 19.0. The SMILES string of the molecule is Cc1ccc(S(=O)(=O)N2C#Cc3ccccc3C#CC(O)CCCC2)cc1. The Balaban J connectivity index is 2.02. The fourth-order valence-corrected chi connectivity index (χ4v) is 3.99. The zero-order chi connectivity index (χ0) is 19.3. The molecule has 0 spiro atoms. The van der Waals surface area contributed by atoms with E-state index in [0.717, 1.165) is 5.56 Å². The van der Waals surface area contributed by atoms with E-state index >= 15 is 0 Å². The van der Waals surface area contributed by atoms with E-state index in [1.54, 1.807) is 30.3 Å². The van der Waals surface area contributed by atoms with E-state index in [-0.39, 0.29) is 11.4 Å². The molecule has 27 heavy (non-hydrogen) atoms. The number of sulfonamides is 1. The molecule has 0 fully saturated rings. The molecule has 0 amide bonds. The van der Waals surface area contributed by atoms with Crippen molar-refractivity contribution < 1.29 is 13.5 Å². The lowest BCUT2D eigenvalue weighted by Gasteiger charge is -2.18. The molecular weight excluding hydrogens is 358 g/mol. The Labute approximate surface area is 160 Å². The van der Waals surface area contributed by atoms with Gasteiger partial charge < -0.3 is 5.11 Å². The minimum atomic E-state index is -3.72. The third-order valence-corrected chi connectivity index (χ3v) is 6.04. The van der Waals surface area contributed by atoms with Crippen molar-refractivity contribution in [3.63, 3.8) is 0 Å². The highest BCUT2D eigenvalue weighted by Crippen LogP contribution is 2.18. The molecule has 5 heteroatoms. The Hall–Kier alpha value is -2.73. The van der Waals surface area contributed by atoms with Gasteiger partial charge in [-0.25, -0.2) is 12.7 Å². The summed E-state index contributed by atoms with van der Waals surface area (Å²) in [5.41, 5.74) is 2.31. The van der Waals surface area contributed by atoms with E-state index in [9.17, 15) is 13.5 Å². The predicted molar refractivity (Wildman–Crippen MR) is 105 cm³/mol. The molecule has 1 unspecified atom stereocenters. The van der Waals surface area contributed by atoms with Crippen molar-refractivity contribution in [3.05, 3.63) is 65.2 Å². The first-order chi connectivity index (χ1) is 13.0. The number of nitrogens with zero attached hydrogens (tertiary/aromatic N) is 1. The zero-order valence-electron chi connectivity index (χ0n) is 15.1. The number of aliphatic hydroxyl groups excluding tert-OH is 1. The molecule has 0 bridgehead atoms. The van der Waals surface area contributed by atoms with Crippen molar-refractivity contribution >= 4 is 10.0 Å². The second kappa shape index (κ2) is 8.31. The van der Waals surface area contributed by atoms with Crippen LogP contribution in [0.1, 0.15) is 36.0 Å². The summed E-state index contributed by atoms with van der Waals surface area (Å²) < 4.78 is 27.3. The van der Waals surface area contributed by atoms with Crippen LogP contribution in [0.2, 0.25) is 0 Å². The number of rotatable bonds is 2. The van der Waals surface area contributed by atoms with Crippen LogP contribution in [0.15, 0.2) is 53.4 Å². The maximum absolute atomic E-state index is 13.0. The zero-order valence-corrected chi connectivity index (χ0v) is 16.0. The van der Waals surface area contributed by atoms with Gasteiger partial charge >= 0.3 is 0 Å². The lowest BCUT2D eigenvalue weighted by atomic mass is 10.1. The topological polar surface area (TPSA) is 57.6 Å². The molecule has 2 aromatic carbocycles. The number of benzene rings is 2. The first-order valence-electron chi connectivity index (χ1n) is 8.86. The van der Waals surface area contributed by atoms with Gasteiger partial charge in [-0.1, -0.05) is 41.7 Å². The number of hydrogen-bond donors (Lipinski definition) is 1. The number of fused-ring (bicyclic) bond motifs is 1. The average Bonchev–Trinajstić information content (AvgIpc) is 2.65. The lowest BCUT2D eigenvalue weighted by Crippen LogP contribution is -2.28. The van der Waals surface area contributed by atoms with E-state index in [1.807, 2.05) is 25.1 Å². The highest BCUT2D eigenvalue weighted by molar-refractivity contribution is 7.89. The van der Waals surface area contributed by atoms with Gasteiger partial charge in [0.15, 0.2) is 0 Å². The summed E-state index contributed by atoms with van der Waals surface area (Å²) in [6.45, 7) is 2.18. The largest absolute Gasteiger partial charge is 0.380 e. The normalized spacial score (nSPS) is 17.3. The number of aliphatic hydroxyl groups is 1. The van der Waals surface area contributed by atoms with Crippen LogP contribution in [-0.4, -0.2) is 30.5 Å². The summed E-state index contributed by atoms with van der Waals surface area (Å²) in [5.74, 6) is 8.73. The van der Waals surface area contributed by atoms with Gasteiger partial charge in [0.25, 0.3) is 10.0 Å². The molecule has 138 valence electrons. The maximum atomic E-state index is 13.0. The van der Waals surface area contributed by atoms with Crippen LogP contribution in [0.5, 0.6) is 0 Å². The summed E-state index contributed by atoms with van der Waals surface area (Å²) >= 11 is 0.